The molecule has 0 spiro atoms. The molecule has 1 aliphatic heterocycles. The predicted molar refractivity (Wildman–Crippen MR) is 100 cm³/mol. The highest BCUT2D eigenvalue weighted by Crippen LogP contribution is 2.33. The first-order valence-corrected chi connectivity index (χ1v) is 7.65. The summed E-state index contributed by atoms with van der Waals surface area (Å²) in [7, 11) is 0. The molecular weight excluding hydrogens is 280 g/mol. The molecule has 0 saturated heterocycles. The van der Waals surface area contributed by atoms with E-state index in [9.17, 15) is 0 Å². The standard InChI is InChI=1S/C16H10.C5H6N2/c1-3-11-7-9-13-5-2-6-14-10-8-12(4-1)15(11)16(13)14;1-2-4-7-5-6-3-1/h1-10H;1-5H,(H,6,7). The Morgan fingerprint density at radius 2 is 1.13 bits per heavy atom. The number of benzene rings is 4. The molecule has 23 heavy (non-hydrogen) atoms. The van der Waals surface area contributed by atoms with Gasteiger partial charge in [0.05, 0.1) is 6.34 Å². The van der Waals surface area contributed by atoms with Crippen molar-refractivity contribution in [2.24, 2.45) is 4.99 Å². The Balaban J connectivity index is 0.000000164. The van der Waals surface area contributed by atoms with E-state index in [-0.39, 0.29) is 0 Å². The van der Waals surface area contributed by atoms with Crippen LogP contribution in [0.2, 0.25) is 0 Å². The second-order valence-electron chi connectivity index (χ2n) is 5.44. The van der Waals surface area contributed by atoms with Crippen molar-refractivity contribution >= 4 is 38.7 Å². The SMILES string of the molecule is C1=CN=CNC=C1.c1cc2ccc3cccc4ccc(c1)c2c34. The summed E-state index contributed by atoms with van der Waals surface area (Å²) < 4.78 is 0. The highest BCUT2D eigenvalue weighted by molar-refractivity contribution is 6.22. The molecule has 110 valence electrons. The normalized spacial score (nSPS) is 13.0. The van der Waals surface area contributed by atoms with Crippen LogP contribution in [0.4, 0.5) is 0 Å². The van der Waals surface area contributed by atoms with E-state index in [1.165, 1.54) is 32.3 Å². The molecule has 0 atom stereocenters. The lowest BCUT2D eigenvalue weighted by Crippen LogP contribution is -1.96. The molecule has 4 aromatic rings. The van der Waals surface area contributed by atoms with Crippen LogP contribution in [0, 0.1) is 0 Å². The second-order valence-corrected chi connectivity index (χ2v) is 5.44. The quantitative estimate of drug-likeness (QED) is 0.441. The van der Waals surface area contributed by atoms with Gasteiger partial charge in [0.15, 0.2) is 0 Å². The molecule has 0 aromatic heterocycles. The van der Waals surface area contributed by atoms with Gasteiger partial charge in [0, 0.05) is 12.4 Å². The van der Waals surface area contributed by atoms with E-state index < -0.39 is 0 Å². The minimum Gasteiger partial charge on any atom is -0.353 e. The summed E-state index contributed by atoms with van der Waals surface area (Å²) in [5, 5.41) is 11.0. The van der Waals surface area contributed by atoms with Crippen LogP contribution in [0.1, 0.15) is 0 Å². The van der Waals surface area contributed by atoms with Gasteiger partial charge in [-0.1, -0.05) is 60.7 Å². The van der Waals surface area contributed by atoms with E-state index in [0.29, 0.717) is 0 Å². The van der Waals surface area contributed by atoms with Gasteiger partial charge in [0.25, 0.3) is 0 Å². The summed E-state index contributed by atoms with van der Waals surface area (Å²) >= 11 is 0. The number of nitrogens with zero attached hydrogens (tertiary/aromatic N) is 1. The van der Waals surface area contributed by atoms with Crippen molar-refractivity contribution in [1.29, 1.82) is 0 Å². The van der Waals surface area contributed by atoms with E-state index >= 15 is 0 Å². The summed E-state index contributed by atoms with van der Waals surface area (Å²) in [6, 6.07) is 21.9. The molecule has 0 amide bonds. The lowest BCUT2D eigenvalue weighted by molar-refractivity contribution is 1.32. The zero-order chi connectivity index (χ0) is 15.5. The van der Waals surface area contributed by atoms with E-state index in [1.54, 1.807) is 12.5 Å². The third-order valence-corrected chi connectivity index (χ3v) is 4.02. The summed E-state index contributed by atoms with van der Waals surface area (Å²) in [6.07, 6.45) is 8.90. The van der Waals surface area contributed by atoms with Crippen molar-refractivity contribution in [1.82, 2.24) is 5.32 Å². The summed E-state index contributed by atoms with van der Waals surface area (Å²) in [5.41, 5.74) is 0. The Hall–Kier alpha value is -3.13. The zero-order valence-electron chi connectivity index (χ0n) is 12.6. The molecule has 0 fully saturated rings. The first-order valence-electron chi connectivity index (χ1n) is 7.65. The van der Waals surface area contributed by atoms with Gasteiger partial charge in [-0.2, -0.15) is 0 Å². The summed E-state index contributed by atoms with van der Waals surface area (Å²) in [6.45, 7) is 0. The van der Waals surface area contributed by atoms with E-state index in [2.05, 4.69) is 71.0 Å². The van der Waals surface area contributed by atoms with Crippen LogP contribution in [0.3, 0.4) is 0 Å². The van der Waals surface area contributed by atoms with Gasteiger partial charge in [0.1, 0.15) is 0 Å². The number of hydrogen-bond acceptors (Lipinski definition) is 2. The molecule has 0 saturated carbocycles. The topological polar surface area (TPSA) is 24.4 Å². The third kappa shape index (κ3) is 2.55. The van der Waals surface area contributed by atoms with Crippen LogP contribution < -0.4 is 5.32 Å². The van der Waals surface area contributed by atoms with Crippen molar-refractivity contribution in [2.75, 3.05) is 0 Å². The second kappa shape index (κ2) is 5.93. The van der Waals surface area contributed by atoms with Crippen molar-refractivity contribution in [3.63, 3.8) is 0 Å². The van der Waals surface area contributed by atoms with E-state index in [4.69, 9.17) is 0 Å². The highest BCUT2D eigenvalue weighted by Gasteiger charge is 2.05. The molecule has 4 aromatic carbocycles. The fraction of sp³-hybridized carbons (Fsp3) is 0. The van der Waals surface area contributed by atoms with Crippen LogP contribution in [-0.4, -0.2) is 6.34 Å². The molecule has 1 heterocycles. The Kier molecular flexibility index (Phi) is 3.49. The van der Waals surface area contributed by atoms with Crippen molar-refractivity contribution in [3.8, 4) is 0 Å². The van der Waals surface area contributed by atoms with Crippen molar-refractivity contribution in [2.45, 2.75) is 0 Å². The number of aliphatic imine (C=N–C) groups is 1. The fourth-order valence-electron chi connectivity index (χ4n) is 3.01. The van der Waals surface area contributed by atoms with Crippen LogP contribution >= 0.6 is 0 Å². The number of rotatable bonds is 0. The van der Waals surface area contributed by atoms with Gasteiger partial charge >= 0.3 is 0 Å². The minimum atomic E-state index is 1.34. The van der Waals surface area contributed by atoms with Crippen LogP contribution in [0.25, 0.3) is 32.3 Å². The van der Waals surface area contributed by atoms with Gasteiger partial charge < -0.3 is 5.32 Å². The van der Waals surface area contributed by atoms with Gasteiger partial charge in [-0.05, 0) is 44.5 Å². The van der Waals surface area contributed by atoms with Gasteiger partial charge in [-0.3, -0.25) is 0 Å². The molecule has 5 rings (SSSR count). The highest BCUT2D eigenvalue weighted by atomic mass is 14.9. The summed E-state index contributed by atoms with van der Waals surface area (Å²) in [5.74, 6) is 0. The smallest absolute Gasteiger partial charge is 0.0918 e. The zero-order valence-corrected chi connectivity index (χ0v) is 12.6. The van der Waals surface area contributed by atoms with Crippen molar-refractivity contribution in [3.05, 3.63) is 85.2 Å². The van der Waals surface area contributed by atoms with Gasteiger partial charge in [-0.25, -0.2) is 4.99 Å². The molecule has 1 aliphatic rings. The Bertz CT molecular complexity index is 898. The van der Waals surface area contributed by atoms with Gasteiger partial charge in [0.2, 0.25) is 0 Å². The Morgan fingerprint density at radius 1 is 0.609 bits per heavy atom. The number of nitrogens with one attached hydrogen (secondary N) is 1. The molecule has 0 unspecified atom stereocenters. The molecule has 1 N–H and O–H groups in total. The minimum absolute atomic E-state index is 1.34. The van der Waals surface area contributed by atoms with E-state index in [1.807, 2.05) is 18.4 Å². The summed E-state index contributed by atoms with van der Waals surface area (Å²) in [4.78, 5) is 3.79. The van der Waals surface area contributed by atoms with Crippen LogP contribution in [-0.2, 0) is 0 Å². The van der Waals surface area contributed by atoms with Gasteiger partial charge in [-0.15, -0.1) is 0 Å². The third-order valence-electron chi connectivity index (χ3n) is 4.02. The Labute approximate surface area is 134 Å². The monoisotopic (exact) mass is 296 g/mol. The average Bonchev–Trinajstić information content (AvgIpc) is 2.93. The van der Waals surface area contributed by atoms with E-state index in [0.717, 1.165) is 0 Å². The predicted octanol–water partition coefficient (Wildman–Crippen LogP) is 5.23. The molecule has 0 bridgehead atoms. The lowest BCUT2D eigenvalue weighted by atomic mass is 9.95. The molecule has 0 radical (unpaired) electrons. The molecule has 2 heteroatoms. The first-order chi connectivity index (χ1) is 11.4. The maximum atomic E-state index is 3.79. The maximum Gasteiger partial charge on any atom is 0.0918 e. The lowest BCUT2D eigenvalue weighted by Gasteiger charge is -2.09. The van der Waals surface area contributed by atoms with Crippen LogP contribution in [0.5, 0.6) is 0 Å². The first kappa shape index (κ1) is 13.5. The largest absolute Gasteiger partial charge is 0.353 e. The van der Waals surface area contributed by atoms with Crippen LogP contribution in [0.15, 0.2) is 90.2 Å². The maximum absolute atomic E-state index is 3.79. The molecule has 0 aliphatic carbocycles. The van der Waals surface area contributed by atoms with Crippen molar-refractivity contribution < 1.29 is 0 Å². The average molecular weight is 296 g/mol. The molecule has 2 nitrogen and oxygen atoms in total. The number of hydrogen-bond donors (Lipinski definition) is 1. The Morgan fingerprint density at radius 3 is 1.65 bits per heavy atom. The fourth-order valence-corrected chi connectivity index (χ4v) is 3.01. The molecular formula is C21H16N2. The number of allylic oxidation sites excluding steroid dienone is 2.